The van der Waals surface area contributed by atoms with E-state index in [-0.39, 0.29) is 5.56 Å². The summed E-state index contributed by atoms with van der Waals surface area (Å²) in [5, 5.41) is 9.83. The largest absolute Gasteiger partial charge is 0.388 e. The van der Waals surface area contributed by atoms with Crippen LogP contribution < -0.4 is 0 Å². The number of hydrogen-bond acceptors (Lipinski definition) is 1. The van der Waals surface area contributed by atoms with Crippen LogP contribution in [0.15, 0.2) is 12.1 Å². The van der Waals surface area contributed by atoms with Gasteiger partial charge in [-0.05, 0) is 25.0 Å². The van der Waals surface area contributed by atoms with Crippen LogP contribution in [-0.4, -0.2) is 5.11 Å². The molecule has 0 saturated carbocycles. The standard InChI is InChI=1S/C14H20F2O/c1-3-4-5-6-7-12(17)13-11(15)9-8-10(2)14(13)16/h8-9,12,17H,3-7H2,1-2H3. The summed E-state index contributed by atoms with van der Waals surface area (Å²) in [4.78, 5) is 0. The Morgan fingerprint density at radius 3 is 2.53 bits per heavy atom. The molecule has 0 radical (unpaired) electrons. The molecule has 0 saturated heterocycles. The van der Waals surface area contributed by atoms with Gasteiger partial charge in [-0.15, -0.1) is 0 Å². The molecule has 0 aliphatic rings. The minimum absolute atomic E-state index is 0.179. The van der Waals surface area contributed by atoms with Crippen LogP contribution in [-0.2, 0) is 0 Å². The normalized spacial score (nSPS) is 12.8. The Bertz CT molecular complexity index is 363. The minimum Gasteiger partial charge on any atom is -0.388 e. The molecule has 1 N–H and O–H groups in total. The van der Waals surface area contributed by atoms with Crippen LogP contribution in [0.1, 0.15) is 56.3 Å². The molecule has 17 heavy (non-hydrogen) atoms. The fraction of sp³-hybridized carbons (Fsp3) is 0.571. The van der Waals surface area contributed by atoms with Gasteiger partial charge in [0, 0.05) is 0 Å². The first-order chi connectivity index (χ1) is 8.07. The van der Waals surface area contributed by atoms with Crippen molar-refractivity contribution in [1.82, 2.24) is 0 Å². The smallest absolute Gasteiger partial charge is 0.134 e. The van der Waals surface area contributed by atoms with Gasteiger partial charge in [0.2, 0.25) is 0 Å². The first-order valence-electron chi connectivity index (χ1n) is 6.20. The van der Waals surface area contributed by atoms with Crippen molar-refractivity contribution in [2.45, 2.75) is 52.1 Å². The van der Waals surface area contributed by atoms with Crippen molar-refractivity contribution in [3.63, 3.8) is 0 Å². The third-order valence-electron chi connectivity index (χ3n) is 2.98. The summed E-state index contributed by atoms with van der Waals surface area (Å²) in [6.07, 6.45) is 3.35. The number of unbranched alkanes of at least 4 members (excludes halogenated alkanes) is 3. The van der Waals surface area contributed by atoms with Gasteiger partial charge in [0.1, 0.15) is 11.6 Å². The predicted molar refractivity (Wildman–Crippen MR) is 64.8 cm³/mol. The Balaban J connectivity index is 2.68. The molecule has 0 aliphatic heterocycles. The highest BCUT2D eigenvalue weighted by Crippen LogP contribution is 2.27. The second-order valence-corrected chi connectivity index (χ2v) is 4.46. The molecular formula is C14H20F2O. The number of aryl methyl sites for hydroxylation is 1. The van der Waals surface area contributed by atoms with Gasteiger partial charge in [-0.2, -0.15) is 0 Å². The molecule has 0 aliphatic carbocycles. The fourth-order valence-corrected chi connectivity index (χ4v) is 1.89. The van der Waals surface area contributed by atoms with E-state index in [1.54, 1.807) is 6.92 Å². The number of benzene rings is 1. The predicted octanol–water partition coefficient (Wildman–Crippen LogP) is 4.28. The van der Waals surface area contributed by atoms with Gasteiger partial charge in [-0.1, -0.05) is 38.7 Å². The van der Waals surface area contributed by atoms with Crippen molar-refractivity contribution < 1.29 is 13.9 Å². The van der Waals surface area contributed by atoms with Crippen LogP contribution in [0.5, 0.6) is 0 Å². The first kappa shape index (κ1) is 14.1. The summed E-state index contributed by atoms with van der Waals surface area (Å²) in [5.41, 5.74) is 0.190. The molecule has 0 heterocycles. The number of rotatable bonds is 6. The van der Waals surface area contributed by atoms with Crippen LogP contribution >= 0.6 is 0 Å². The van der Waals surface area contributed by atoms with Gasteiger partial charge in [0.05, 0.1) is 11.7 Å². The van der Waals surface area contributed by atoms with Crippen LogP contribution in [0.3, 0.4) is 0 Å². The molecular weight excluding hydrogens is 222 g/mol. The molecule has 1 unspecified atom stereocenters. The second-order valence-electron chi connectivity index (χ2n) is 4.46. The SMILES string of the molecule is CCCCCCC(O)c1c(F)ccc(C)c1F. The summed E-state index contributed by atoms with van der Waals surface area (Å²) >= 11 is 0. The number of aliphatic hydroxyl groups is 1. The van der Waals surface area contributed by atoms with E-state index in [1.165, 1.54) is 12.1 Å². The highest BCUT2D eigenvalue weighted by Gasteiger charge is 2.18. The lowest BCUT2D eigenvalue weighted by Gasteiger charge is -2.14. The highest BCUT2D eigenvalue weighted by molar-refractivity contribution is 5.28. The molecule has 1 aromatic rings. The van der Waals surface area contributed by atoms with E-state index in [2.05, 4.69) is 6.92 Å². The third kappa shape index (κ3) is 3.77. The Labute approximate surface area is 101 Å². The topological polar surface area (TPSA) is 20.2 Å². The first-order valence-corrected chi connectivity index (χ1v) is 6.20. The van der Waals surface area contributed by atoms with E-state index >= 15 is 0 Å². The minimum atomic E-state index is -1.04. The monoisotopic (exact) mass is 242 g/mol. The average molecular weight is 242 g/mol. The Morgan fingerprint density at radius 2 is 1.88 bits per heavy atom. The van der Waals surface area contributed by atoms with Crippen molar-refractivity contribution in [2.24, 2.45) is 0 Å². The Morgan fingerprint density at radius 1 is 1.18 bits per heavy atom. The van der Waals surface area contributed by atoms with E-state index < -0.39 is 17.7 Å². The van der Waals surface area contributed by atoms with Gasteiger partial charge >= 0.3 is 0 Å². The van der Waals surface area contributed by atoms with Gasteiger partial charge in [-0.3, -0.25) is 0 Å². The van der Waals surface area contributed by atoms with Crippen molar-refractivity contribution >= 4 is 0 Å². The number of aliphatic hydroxyl groups excluding tert-OH is 1. The lowest BCUT2D eigenvalue weighted by molar-refractivity contribution is 0.153. The summed E-state index contributed by atoms with van der Waals surface area (Å²) in [5.74, 6) is -1.27. The Hall–Kier alpha value is -0.960. The van der Waals surface area contributed by atoms with E-state index in [9.17, 15) is 13.9 Å². The van der Waals surface area contributed by atoms with Gasteiger partial charge < -0.3 is 5.11 Å². The van der Waals surface area contributed by atoms with Crippen LogP contribution in [0.2, 0.25) is 0 Å². The van der Waals surface area contributed by atoms with E-state index in [0.717, 1.165) is 25.7 Å². The molecule has 3 heteroatoms. The van der Waals surface area contributed by atoms with Crippen molar-refractivity contribution in [3.8, 4) is 0 Å². The summed E-state index contributed by atoms with van der Waals surface area (Å²) in [6, 6.07) is 2.60. The van der Waals surface area contributed by atoms with Crippen LogP contribution in [0.25, 0.3) is 0 Å². The zero-order valence-electron chi connectivity index (χ0n) is 10.5. The number of halogens is 2. The quantitative estimate of drug-likeness (QED) is 0.738. The van der Waals surface area contributed by atoms with E-state index in [4.69, 9.17) is 0 Å². The maximum Gasteiger partial charge on any atom is 0.134 e. The van der Waals surface area contributed by atoms with Crippen LogP contribution in [0.4, 0.5) is 8.78 Å². The molecule has 1 rings (SSSR count). The van der Waals surface area contributed by atoms with E-state index in [1.807, 2.05) is 0 Å². The molecule has 0 aromatic heterocycles. The van der Waals surface area contributed by atoms with Crippen molar-refractivity contribution in [3.05, 3.63) is 34.9 Å². The highest BCUT2D eigenvalue weighted by atomic mass is 19.1. The van der Waals surface area contributed by atoms with E-state index in [0.29, 0.717) is 12.0 Å². The molecule has 1 atom stereocenters. The van der Waals surface area contributed by atoms with Gasteiger partial charge in [0.25, 0.3) is 0 Å². The summed E-state index contributed by atoms with van der Waals surface area (Å²) in [7, 11) is 0. The zero-order valence-corrected chi connectivity index (χ0v) is 10.5. The van der Waals surface area contributed by atoms with Gasteiger partial charge in [0.15, 0.2) is 0 Å². The summed E-state index contributed by atoms with van der Waals surface area (Å²) < 4.78 is 27.1. The average Bonchev–Trinajstić information content (AvgIpc) is 2.30. The van der Waals surface area contributed by atoms with Crippen molar-refractivity contribution in [1.29, 1.82) is 0 Å². The zero-order chi connectivity index (χ0) is 12.8. The van der Waals surface area contributed by atoms with Crippen molar-refractivity contribution in [2.75, 3.05) is 0 Å². The molecule has 0 bridgehead atoms. The fourth-order valence-electron chi connectivity index (χ4n) is 1.89. The van der Waals surface area contributed by atoms with Gasteiger partial charge in [-0.25, -0.2) is 8.78 Å². The molecule has 96 valence electrons. The lowest BCUT2D eigenvalue weighted by atomic mass is 9.99. The lowest BCUT2D eigenvalue weighted by Crippen LogP contribution is -2.05. The molecule has 0 amide bonds. The maximum absolute atomic E-state index is 13.7. The Kier molecular flexibility index (Phi) is 5.56. The molecule has 0 fully saturated rings. The third-order valence-corrected chi connectivity index (χ3v) is 2.98. The second kappa shape index (κ2) is 6.70. The number of hydrogen-bond donors (Lipinski definition) is 1. The molecule has 1 aromatic carbocycles. The molecule has 1 nitrogen and oxygen atoms in total. The molecule has 0 spiro atoms. The maximum atomic E-state index is 13.7. The summed E-state index contributed by atoms with van der Waals surface area (Å²) in [6.45, 7) is 3.67. The van der Waals surface area contributed by atoms with Crippen LogP contribution in [0, 0.1) is 18.6 Å².